The maximum absolute atomic E-state index is 8.00. The molecule has 3 rings (SSSR count). The number of hydrogen-bond acceptors (Lipinski definition) is 1. The van der Waals surface area contributed by atoms with Crippen LogP contribution in [0.4, 0.5) is 0 Å². The number of halogens is 1. The molecule has 1 aliphatic carbocycles. The monoisotopic (exact) mass is 263 g/mol. The molecule has 0 aliphatic heterocycles. The second kappa shape index (κ2) is 6.05. The quantitative estimate of drug-likeness (QED) is 0.796. The summed E-state index contributed by atoms with van der Waals surface area (Å²) in [5.41, 5.74) is 2.68. The highest BCUT2D eigenvalue weighted by Crippen LogP contribution is 2.36. The molecule has 96 valence electrons. The SMILES string of the molecule is C=O.Clc1ccc2[nH]cc(C3CCCCC3)c2c1. The molecule has 1 saturated carbocycles. The minimum Gasteiger partial charge on any atom is -0.361 e. The second-order valence-corrected chi connectivity index (χ2v) is 5.21. The first-order valence-corrected chi connectivity index (χ1v) is 6.78. The van der Waals surface area contributed by atoms with Gasteiger partial charge in [-0.15, -0.1) is 0 Å². The fourth-order valence-corrected chi connectivity index (χ4v) is 3.04. The number of carbonyl (C=O) groups excluding carboxylic acids is 1. The van der Waals surface area contributed by atoms with Crippen molar-refractivity contribution in [1.82, 2.24) is 4.98 Å². The molecule has 1 aliphatic rings. The van der Waals surface area contributed by atoms with E-state index in [1.54, 1.807) is 0 Å². The van der Waals surface area contributed by atoms with Crippen molar-refractivity contribution in [1.29, 1.82) is 0 Å². The van der Waals surface area contributed by atoms with Crippen molar-refractivity contribution in [2.45, 2.75) is 38.0 Å². The number of nitrogens with one attached hydrogen (secondary N) is 1. The number of benzene rings is 1. The largest absolute Gasteiger partial charge is 0.361 e. The molecule has 1 heterocycles. The van der Waals surface area contributed by atoms with Crippen LogP contribution in [0.1, 0.15) is 43.6 Å². The van der Waals surface area contributed by atoms with E-state index in [0.717, 1.165) is 10.9 Å². The Bertz CT molecular complexity index is 514. The molecule has 1 aromatic carbocycles. The van der Waals surface area contributed by atoms with E-state index in [0.29, 0.717) is 0 Å². The fraction of sp³-hybridized carbons (Fsp3) is 0.400. The molecule has 18 heavy (non-hydrogen) atoms. The number of fused-ring (bicyclic) bond motifs is 1. The molecule has 1 aromatic heterocycles. The molecule has 2 nitrogen and oxygen atoms in total. The van der Waals surface area contributed by atoms with Gasteiger partial charge in [-0.1, -0.05) is 30.9 Å². The van der Waals surface area contributed by atoms with Crippen LogP contribution < -0.4 is 0 Å². The Kier molecular flexibility index (Phi) is 4.43. The molecular formula is C15H18ClNO. The predicted molar refractivity (Wildman–Crippen MR) is 76.3 cm³/mol. The zero-order valence-electron chi connectivity index (χ0n) is 10.4. The Morgan fingerprint density at radius 3 is 2.61 bits per heavy atom. The van der Waals surface area contributed by atoms with Gasteiger partial charge in [0.15, 0.2) is 0 Å². The summed E-state index contributed by atoms with van der Waals surface area (Å²) in [5, 5.41) is 2.16. The smallest absolute Gasteiger partial charge is 0.106 e. The summed E-state index contributed by atoms with van der Waals surface area (Å²) in [6, 6.07) is 6.12. The van der Waals surface area contributed by atoms with E-state index in [1.165, 1.54) is 48.6 Å². The maximum Gasteiger partial charge on any atom is 0.106 e. The molecule has 0 spiro atoms. The van der Waals surface area contributed by atoms with Gasteiger partial charge in [-0.2, -0.15) is 0 Å². The first kappa shape index (κ1) is 13.2. The number of carbonyl (C=O) groups is 1. The molecule has 1 N–H and O–H groups in total. The van der Waals surface area contributed by atoms with E-state index in [4.69, 9.17) is 16.4 Å². The third-order valence-corrected chi connectivity index (χ3v) is 3.96. The lowest BCUT2D eigenvalue weighted by Gasteiger charge is -2.21. The number of aromatic nitrogens is 1. The van der Waals surface area contributed by atoms with Gasteiger partial charge in [0, 0.05) is 22.1 Å². The maximum atomic E-state index is 8.00. The van der Waals surface area contributed by atoms with E-state index in [9.17, 15) is 0 Å². The number of rotatable bonds is 1. The highest BCUT2D eigenvalue weighted by Gasteiger charge is 2.18. The Morgan fingerprint density at radius 1 is 1.17 bits per heavy atom. The normalized spacial score (nSPS) is 16.3. The van der Waals surface area contributed by atoms with Crippen LogP contribution in [-0.4, -0.2) is 11.8 Å². The zero-order chi connectivity index (χ0) is 13.0. The Morgan fingerprint density at radius 2 is 1.89 bits per heavy atom. The molecule has 3 heteroatoms. The van der Waals surface area contributed by atoms with Crippen LogP contribution in [0, 0.1) is 0 Å². The van der Waals surface area contributed by atoms with Gasteiger partial charge in [-0.05, 0) is 42.5 Å². The average molecular weight is 264 g/mol. The molecule has 1 fully saturated rings. The van der Waals surface area contributed by atoms with Crippen molar-refractivity contribution >= 4 is 29.3 Å². The van der Waals surface area contributed by atoms with Crippen LogP contribution in [0.2, 0.25) is 5.02 Å². The third kappa shape index (κ3) is 2.59. The summed E-state index contributed by atoms with van der Waals surface area (Å²) in [6.07, 6.45) is 8.99. The van der Waals surface area contributed by atoms with Crippen LogP contribution in [0.5, 0.6) is 0 Å². The fourth-order valence-electron chi connectivity index (χ4n) is 2.87. The molecule has 2 aromatic rings. The predicted octanol–water partition coefficient (Wildman–Crippen LogP) is 4.68. The molecular weight excluding hydrogens is 246 g/mol. The van der Waals surface area contributed by atoms with Gasteiger partial charge in [-0.3, -0.25) is 0 Å². The summed E-state index contributed by atoms with van der Waals surface area (Å²) in [4.78, 5) is 11.4. The number of H-pyrrole nitrogens is 1. The van der Waals surface area contributed by atoms with Crippen molar-refractivity contribution in [3.8, 4) is 0 Å². The van der Waals surface area contributed by atoms with E-state index < -0.39 is 0 Å². The van der Waals surface area contributed by atoms with Crippen LogP contribution in [0.25, 0.3) is 10.9 Å². The van der Waals surface area contributed by atoms with Crippen molar-refractivity contribution in [3.63, 3.8) is 0 Å². The Hall–Kier alpha value is -1.28. The van der Waals surface area contributed by atoms with Crippen LogP contribution >= 0.6 is 11.6 Å². The Labute approximate surface area is 112 Å². The minimum absolute atomic E-state index is 0.737. The zero-order valence-corrected chi connectivity index (χ0v) is 11.2. The number of hydrogen-bond donors (Lipinski definition) is 1. The molecule has 0 saturated heterocycles. The topological polar surface area (TPSA) is 32.9 Å². The second-order valence-electron chi connectivity index (χ2n) is 4.77. The van der Waals surface area contributed by atoms with Crippen molar-refractivity contribution in [2.24, 2.45) is 0 Å². The summed E-state index contributed by atoms with van der Waals surface area (Å²) in [5.74, 6) is 0.737. The van der Waals surface area contributed by atoms with Gasteiger partial charge in [0.1, 0.15) is 6.79 Å². The van der Waals surface area contributed by atoms with Gasteiger partial charge in [0.25, 0.3) is 0 Å². The van der Waals surface area contributed by atoms with E-state index in [1.807, 2.05) is 12.9 Å². The molecule has 0 atom stereocenters. The average Bonchev–Trinajstić information content (AvgIpc) is 2.85. The first-order chi connectivity index (χ1) is 8.84. The van der Waals surface area contributed by atoms with Crippen molar-refractivity contribution in [3.05, 3.63) is 35.0 Å². The standard InChI is InChI=1S/C14H16ClN.CH2O/c15-11-6-7-14-12(8-11)13(9-16-14)10-4-2-1-3-5-10;1-2/h6-10,16H,1-5H2;1H2. The summed E-state index contributed by atoms with van der Waals surface area (Å²) in [7, 11) is 0. The van der Waals surface area contributed by atoms with Crippen LogP contribution in [-0.2, 0) is 4.79 Å². The lowest BCUT2D eigenvalue weighted by molar-refractivity contribution is -0.0979. The first-order valence-electron chi connectivity index (χ1n) is 6.40. The van der Waals surface area contributed by atoms with Gasteiger partial charge >= 0.3 is 0 Å². The minimum atomic E-state index is 0.737. The van der Waals surface area contributed by atoms with E-state index >= 15 is 0 Å². The van der Waals surface area contributed by atoms with Crippen molar-refractivity contribution < 1.29 is 4.79 Å². The van der Waals surface area contributed by atoms with Crippen LogP contribution in [0.3, 0.4) is 0 Å². The highest BCUT2D eigenvalue weighted by molar-refractivity contribution is 6.31. The molecule has 0 unspecified atom stereocenters. The van der Waals surface area contributed by atoms with Crippen molar-refractivity contribution in [2.75, 3.05) is 0 Å². The lowest BCUT2D eigenvalue weighted by Crippen LogP contribution is -2.03. The number of aromatic amines is 1. The highest BCUT2D eigenvalue weighted by atomic mass is 35.5. The van der Waals surface area contributed by atoms with Crippen LogP contribution in [0.15, 0.2) is 24.4 Å². The lowest BCUT2D eigenvalue weighted by atomic mass is 9.84. The van der Waals surface area contributed by atoms with Gasteiger partial charge in [0.2, 0.25) is 0 Å². The third-order valence-electron chi connectivity index (χ3n) is 3.72. The summed E-state index contributed by atoms with van der Waals surface area (Å²) >= 11 is 6.07. The Balaban J connectivity index is 0.000000574. The van der Waals surface area contributed by atoms with E-state index in [-0.39, 0.29) is 0 Å². The van der Waals surface area contributed by atoms with Gasteiger partial charge in [-0.25, -0.2) is 0 Å². The molecule has 0 bridgehead atoms. The van der Waals surface area contributed by atoms with Gasteiger partial charge in [0.05, 0.1) is 0 Å². The summed E-state index contributed by atoms with van der Waals surface area (Å²) < 4.78 is 0. The molecule has 0 radical (unpaired) electrons. The van der Waals surface area contributed by atoms with Gasteiger partial charge < -0.3 is 9.78 Å². The molecule has 0 amide bonds. The summed E-state index contributed by atoms with van der Waals surface area (Å²) in [6.45, 7) is 2.00. The van der Waals surface area contributed by atoms with E-state index in [2.05, 4.69) is 23.3 Å².